The third-order valence-electron chi connectivity index (χ3n) is 7.80. The van der Waals surface area contributed by atoms with Crippen LogP contribution in [0.4, 0.5) is 28.2 Å². The van der Waals surface area contributed by atoms with E-state index >= 15 is 4.39 Å². The Balaban J connectivity index is 1.36. The van der Waals surface area contributed by atoms with Gasteiger partial charge < -0.3 is 19.4 Å². The molecule has 2 unspecified atom stereocenters. The fourth-order valence-electron chi connectivity index (χ4n) is 5.68. The third kappa shape index (κ3) is 6.13. The molecule has 216 valence electrons. The largest absolute Gasteiger partial charge is 0.415 e. The van der Waals surface area contributed by atoms with Gasteiger partial charge in [-0.2, -0.15) is 0 Å². The number of piperidine rings is 1. The van der Waals surface area contributed by atoms with Crippen LogP contribution in [-0.2, 0) is 4.79 Å². The maximum absolute atomic E-state index is 15.4. The Labute approximate surface area is 235 Å². The summed E-state index contributed by atoms with van der Waals surface area (Å²) in [4.78, 5) is 35.8. The maximum Gasteiger partial charge on any atom is 0.415 e. The molecule has 41 heavy (non-hydrogen) atoms. The van der Waals surface area contributed by atoms with E-state index in [2.05, 4.69) is 4.98 Å². The number of carbonyl (C=O) groups excluding carboxylic acids is 2. The molecule has 5 rings (SSSR count). The van der Waals surface area contributed by atoms with E-state index in [9.17, 15) is 22.8 Å². The molecule has 4 atom stereocenters. The first-order valence-electron chi connectivity index (χ1n) is 13.5. The van der Waals surface area contributed by atoms with Gasteiger partial charge in [0.05, 0.1) is 18.5 Å². The second kappa shape index (κ2) is 12.2. The smallest absolute Gasteiger partial charge is 0.410 e. The van der Waals surface area contributed by atoms with Gasteiger partial charge in [-0.05, 0) is 67.4 Å². The highest BCUT2D eigenvalue weighted by atomic mass is 19.2. The van der Waals surface area contributed by atoms with E-state index < -0.39 is 53.5 Å². The number of likely N-dealkylation sites (N-methyl/N-ethyl adjacent to an activating group) is 1. The molecule has 11 heteroatoms. The number of alkyl halides is 1. The molecular weight excluding hydrogens is 540 g/mol. The van der Waals surface area contributed by atoms with Crippen LogP contribution in [0.5, 0.6) is 5.75 Å². The number of rotatable bonds is 6. The first-order chi connectivity index (χ1) is 19.7. The molecule has 0 N–H and O–H groups in total. The van der Waals surface area contributed by atoms with Gasteiger partial charge in [-0.15, -0.1) is 0 Å². The molecule has 2 fully saturated rings. The lowest BCUT2D eigenvalue weighted by Gasteiger charge is -2.36. The summed E-state index contributed by atoms with van der Waals surface area (Å²) in [5.74, 6) is -3.65. The number of halogens is 4. The second-order valence-corrected chi connectivity index (χ2v) is 10.2. The Bertz CT molecular complexity index is 1380. The zero-order chi connectivity index (χ0) is 29.1. The molecule has 2 saturated heterocycles. The second-order valence-electron chi connectivity index (χ2n) is 10.2. The van der Waals surface area contributed by atoms with E-state index in [4.69, 9.17) is 4.74 Å². The molecule has 0 aliphatic carbocycles. The molecule has 2 aliphatic rings. The van der Waals surface area contributed by atoms with E-state index in [-0.39, 0.29) is 38.3 Å². The molecule has 3 aromatic rings. The van der Waals surface area contributed by atoms with Crippen molar-refractivity contribution in [3.8, 4) is 5.75 Å². The van der Waals surface area contributed by atoms with Crippen molar-refractivity contribution in [2.75, 3.05) is 37.6 Å². The Morgan fingerprint density at radius 1 is 1.00 bits per heavy atom. The monoisotopic (exact) mass is 570 g/mol. The summed E-state index contributed by atoms with van der Waals surface area (Å²) in [7, 11) is 0. The van der Waals surface area contributed by atoms with Crippen molar-refractivity contribution in [1.82, 2.24) is 14.8 Å². The number of pyridine rings is 1. The molecule has 0 bridgehead atoms. The van der Waals surface area contributed by atoms with Gasteiger partial charge in [0.1, 0.15) is 23.6 Å². The number of hydrogen-bond donors (Lipinski definition) is 0. The van der Waals surface area contributed by atoms with Gasteiger partial charge in [-0.25, -0.2) is 27.3 Å². The highest BCUT2D eigenvalue weighted by Crippen LogP contribution is 2.35. The minimum atomic E-state index is -1.44. The lowest BCUT2D eigenvalue weighted by atomic mass is 9.92. The summed E-state index contributed by atoms with van der Waals surface area (Å²) in [5.41, 5.74) is 0.402. The summed E-state index contributed by atoms with van der Waals surface area (Å²) in [6, 6.07) is 13.2. The van der Waals surface area contributed by atoms with Crippen LogP contribution < -0.4 is 9.64 Å². The van der Waals surface area contributed by atoms with Crippen LogP contribution in [0, 0.1) is 23.4 Å². The van der Waals surface area contributed by atoms with Crippen molar-refractivity contribution in [3.63, 3.8) is 0 Å². The van der Waals surface area contributed by atoms with Crippen molar-refractivity contribution in [1.29, 1.82) is 0 Å². The fourth-order valence-corrected chi connectivity index (χ4v) is 5.68. The topological polar surface area (TPSA) is 66.0 Å². The summed E-state index contributed by atoms with van der Waals surface area (Å²) in [5, 5.41) is 0. The lowest BCUT2D eigenvalue weighted by Crippen LogP contribution is -2.50. The van der Waals surface area contributed by atoms with Crippen LogP contribution in [0.3, 0.4) is 0 Å². The number of amides is 2. The standard InChI is InChI=1S/C30H30F4N4O3/c1-2-38(30(40)41-21-9-7-20(31)8-10-21)27-18-37(16-23(27)19-6-11-24(32)25(33)15-19)29(39)22-12-14-36(17-26(22)34)28-5-3-4-13-35-28/h3-11,13,15,22-23,26-27H,2,12,14,16-18H2,1H3/t22?,23-,26?,27+/m0/s1. The Morgan fingerprint density at radius 3 is 2.44 bits per heavy atom. The quantitative estimate of drug-likeness (QED) is 0.383. The number of benzene rings is 2. The summed E-state index contributed by atoms with van der Waals surface area (Å²) < 4.78 is 62.2. The molecule has 3 heterocycles. The predicted molar refractivity (Wildman–Crippen MR) is 144 cm³/mol. The zero-order valence-electron chi connectivity index (χ0n) is 22.4. The molecule has 0 spiro atoms. The van der Waals surface area contributed by atoms with E-state index in [0.29, 0.717) is 17.9 Å². The summed E-state index contributed by atoms with van der Waals surface area (Å²) in [6.45, 7) is 2.51. The minimum absolute atomic E-state index is 0.0162. The van der Waals surface area contributed by atoms with Crippen molar-refractivity contribution in [2.45, 2.75) is 31.5 Å². The number of hydrogen-bond acceptors (Lipinski definition) is 5. The number of anilines is 1. The van der Waals surface area contributed by atoms with Gasteiger partial charge in [-0.1, -0.05) is 12.1 Å². The van der Waals surface area contributed by atoms with Crippen molar-refractivity contribution in [2.24, 2.45) is 5.92 Å². The maximum atomic E-state index is 15.4. The molecule has 7 nitrogen and oxygen atoms in total. The molecule has 0 saturated carbocycles. The van der Waals surface area contributed by atoms with Crippen LogP contribution in [-0.4, -0.2) is 71.7 Å². The van der Waals surface area contributed by atoms with Crippen molar-refractivity contribution in [3.05, 3.63) is 89.9 Å². The van der Waals surface area contributed by atoms with E-state index in [0.717, 1.165) is 24.3 Å². The first-order valence-corrected chi connectivity index (χ1v) is 13.5. The SMILES string of the molecule is CCN(C(=O)Oc1ccc(F)cc1)[C@@H]1CN(C(=O)C2CCN(c3ccccn3)CC2F)C[C@H]1c1ccc(F)c(F)c1. The normalized spacial score (nSPS) is 22.5. The number of carbonyl (C=O) groups is 2. The highest BCUT2D eigenvalue weighted by Gasteiger charge is 2.45. The Kier molecular flexibility index (Phi) is 8.41. The number of aromatic nitrogens is 1. The average molecular weight is 571 g/mol. The highest BCUT2D eigenvalue weighted by molar-refractivity contribution is 5.81. The number of likely N-dealkylation sites (tertiary alicyclic amines) is 1. The molecule has 2 aromatic carbocycles. The van der Waals surface area contributed by atoms with Crippen molar-refractivity contribution < 1.29 is 31.9 Å². The zero-order valence-corrected chi connectivity index (χ0v) is 22.4. The number of ether oxygens (including phenoxy) is 1. The number of nitrogens with zero attached hydrogens (tertiary/aromatic N) is 4. The van der Waals surface area contributed by atoms with Gasteiger partial charge in [0.2, 0.25) is 5.91 Å². The summed E-state index contributed by atoms with van der Waals surface area (Å²) in [6.07, 6.45) is -0.274. The van der Waals surface area contributed by atoms with Crippen LogP contribution in [0.2, 0.25) is 0 Å². The van der Waals surface area contributed by atoms with Gasteiger partial charge in [0.15, 0.2) is 11.6 Å². The minimum Gasteiger partial charge on any atom is -0.410 e. The van der Waals surface area contributed by atoms with E-state index in [1.807, 2.05) is 6.07 Å². The fraction of sp³-hybridized carbons (Fsp3) is 0.367. The lowest BCUT2D eigenvalue weighted by molar-refractivity contribution is -0.137. The van der Waals surface area contributed by atoms with Gasteiger partial charge >= 0.3 is 6.09 Å². The van der Waals surface area contributed by atoms with Crippen LogP contribution in [0.15, 0.2) is 66.9 Å². The Hall–Kier alpha value is -4.15. The molecule has 2 aliphatic heterocycles. The van der Waals surface area contributed by atoms with Crippen LogP contribution >= 0.6 is 0 Å². The van der Waals surface area contributed by atoms with Crippen molar-refractivity contribution >= 4 is 17.8 Å². The first kappa shape index (κ1) is 28.4. The van der Waals surface area contributed by atoms with Gasteiger partial charge in [0, 0.05) is 38.3 Å². The third-order valence-corrected chi connectivity index (χ3v) is 7.80. The van der Waals surface area contributed by atoms with E-state index in [1.165, 1.54) is 28.0 Å². The molecule has 1 aromatic heterocycles. The summed E-state index contributed by atoms with van der Waals surface area (Å²) >= 11 is 0. The predicted octanol–water partition coefficient (Wildman–Crippen LogP) is 5.18. The van der Waals surface area contributed by atoms with Gasteiger partial charge in [0.25, 0.3) is 0 Å². The van der Waals surface area contributed by atoms with Crippen LogP contribution in [0.25, 0.3) is 0 Å². The average Bonchev–Trinajstić information content (AvgIpc) is 3.41. The van der Waals surface area contributed by atoms with E-state index in [1.54, 1.807) is 30.2 Å². The molecule has 0 radical (unpaired) electrons. The van der Waals surface area contributed by atoms with Gasteiger partial charge in [-0.3, -0.25) is 4.79 Å². The Morgan fingerprint density at radius 2 is 1.78 bits per heavy atom. The van der Waals surface area contributed by atoms with Crippen LogP contribution in [0.1, 0.15) is 24.8 Å². The molecule has 2 amide bonds. The molecular formula is C30H30F4N4O3.